The Bertz CT molecular complexity index is 482. The van der Waals surface area contributed by atoms with E-state index >= 15 is 0 Å². The molecular weight excluding hydrogens is 234 g/mol. The van der Waals surface area contributed by atoms with E-state index in [4.69, 9.17) is 14.9 Å². The predicted molar refractivity (Wildman–Crippen MR) is 70.5 cm³/mol. The third-order valence-electron chi connectivity index (χ3n) is 2.28. The molecule has 0 unspecified atom stereocenters. The zero-order valence-corrected chi connectivity index (χ0v) is 10.5. The minimum absolute atomic E-state index is 0.652. The first-order valence-corrected chi connectivity index (χ1v) is 6.39. The standard InChI is InChI=1S/C13H15NO2S/c1-10-13(5-6-15-10)17-8-7-16-12-4-2-3-11(14)9-12/h2-6,9H,7-8,14H2,1H3. The number of nitrogen functional groups attached to an aromatic ring is 1. The summed E-state index contributed by atoms with van der Waals surface area (Å²) in [5.41, 5.74) is 6.39. The third kappa shape index (κ3) is 3.46. The molecule has 0 atom stereocenters. The fourth-order valence-electron chi connectivity index (χ4n) is 1.44. The summed E-state index contributed by atoms with van der Waals surface area (Å²) in [6.07, 6.45) is 1.70. The number of thioether (sulfide) groups is 1. The fraction of sp³-hybridized carbons (Fsp3) is 0.231. The Balaban J connectivity index is 1.75. The Morgan fingerprint density at radius 2 is 2.24 bits per heavy atom. The van der Waals surface area contributed by atoms with E-state index in [1.165, 1.54) is 4.90 Å². The molecule has 0 saturated heterocycles. The van der Waals surface area contributed by atoms with Gasteiger partial charge in [0.25, 0.3) is 0 Å². The molecule has 4 heteroatoms. The Labute approximate surface area is 105 Å². The summed E-state index contributed by atoms with van der Waals surface area (Å²) in [6, 6.07) is 9.44. The number of nitrogens with two attached hydrogens (primary N) is 1. The van der Waals surface area contributed by atoms with Gasteiger partial charge in [0.2, 0.25) is 0 Å². The Hall–Kier alpha value is -1.55. The van der Waals surface area contributed by atoms with Crippen LogP contribution in [0.2, 0.25) is 0 Å². The molecule has 0 aliphatic heterocycles. The zero-order valence-electron chi connectivity index (χ0n) is 9.68. The van der Waals surface area contributed by atoms with E-state index in [1.54, 1.807) is 18.0 Å². The van der Waals surface area contributed by atoms with Gasteiger partial charge in [-0.2, -0.15) is 0 Å². The van der Waals surface area contributed by atoms with Gasteiger partial charge >= 0.3 is 0 Å². The van der Waals surface area contributed by atoms with Crippen LogP contribution in [-0.2, 0) is 0 Å². The van der Waals surface area contributed by atoms with Crippen molar-refractivity contribution in [2.75, 3.05) is 18.1 Å². The molecule has 0 radical (unpaired) electrons. The summed E-state index contributed by atoms with van der Waals surface area (Å²) in [5.74, 6) is 2.66. The number of furan rings is 1. The summed E-state index contributed by atoms with van der Waals surface area (Å²) in [4.78, 5) is 1.17. The van der Waals surface area contributed by atoms with Crippen LogP contribution in [-0.4, -0.2) is 12.4 Å². The average molecular weight is 249 g/mol. The third-order valence-corrected chi connectivity index (χ3v) is 3.38. The Morgan fingerprint density at radius 1 is 1.35 bits per heavy atom. The maximum atomic E-state index is 5.66. The minimum Gasteiger partial charge on any atom is -0.493 e. The van der Waals surface area contributed by atoms with E-state index < -0.39 is 0 Å². The lowest BCUT2D eigenvalue weighted by Crippen LogP contribution is -2.00. The molecule has 0 saturated carbocycles. The molecule has 0 aliphatic carbocycles. The number of anilines is 1. The first-order chi connectivity index (χ1) is 8.25. The predicted octanol–water partition coefficient (Wildman–Crippen LogP) is 3.34. The molecule has 2 N–H and O–H groups in total. The smallest absolute Gasteiger partial charge is 0.121 e. The van der Waals surface area contributed by atoms with Crippen molar-refractivity contribution in [3.05, 3.63) is 42.4 Å². The first kappa shape index (κ1) is 11.9. The van der Waals surface area contributed by atoms with Gasteiger partial charge in [-0.1, -0.05) is 6.07 Å². The molecule has 2 aromatic rings. The van der Waals surface area contributed by atoms with E-state index in [-0.39, 0.29) is 0 Å². The second-order valence-corrected chi connectivity index (χ2v) is 4.75. The molecule has 0 spiro atoms. The molecule has 1 aromatic heterocycles. The highest BCUT2D eigenvalue weighted by molar-refractivity contribution is 7.99. The van der Waals surface area contributed by atoms with Crippen LogP contribution in [0.3, 0.4) is 0 Å². The molecule has 2 rings (SSSR count). The van der Waals surface area contributed by atoms with Gasteiger partial charge in [-0.05, 0) is 25.1 Å². The number of aryl methyl sites for hydroxylation is 1. The van der Waals surface area contributed by atoms with Crippen molar-refractivity contribution in [1.82, 2.24) is 0 Å². The molecule has 17 heavy (non-hydrogen) atoms. The Kier molecular flexibility index (Phi) is 3.98. The van der Waals surface area contributed by atoms with Crippen molar-refractivity contribution in [1.29, 1.82) is 0 Å². The van der Waals surface area contributed by atoms with Gasteiger partial charge in [-0.3, -0.25) is 0 Å². The lowest BCUT2D eigenvalue weighted by atomic mass is 10.3. The summed E-state index contributed by atoms with van der Waals surface area (Å²) in [5, 5.41) is 0. The maximum Gasteiger partial charge on any atom is 0.121 e. The lowest BCUT2D eigenvalue weighted by Gasteiger charge is -2.06. The SMILES string of the molecule is Cc1occc1SCCOc1cccc(N)c1. The van der Waals surface area contributed by atoms with Gasteiger partial charge in [-0.15, -0.1) is 11.8 Å². The van der Waals surface area contributed by atoms with Crippen LogP contribution in [0.4, 0.5) is 5.69 Å². The lowest BCUT2D eigenvalue weighted by molar-refractivity contribution is 0.344. The van der Waals surface area contributed by atoms with Crippen LogP contribution in [0, 0.1) is 6.92 Å². The molecule has 90 valence electrons. The van der Waals surface area contributed by atoms with Crippen molar-refractivity contribution in [3.8, 4) is 5.75 Å². The number of hydrogen-bond acceptors (Lipinski definition) is 4. The largest absolute Gasteiger partial charge is 0.493 e. The molecular formula is C13H15NO2S. The van der Waals surface area contributed by atoms with Crippen molar-refractivity contribution in [2.24, 2.45) is 0 Å². The van der Waals surface area contributed by atoms with Gasteiger partial charge in [0.1, 0.15) is 11.5 Å². The number of ether oxygens (including phenoxy) is 1. The summed E-state index contributed by atoms with van der Waals surface area (Å²) in [7, 11) is 0. The quantitative estimate of drug-likeness (QED) is 0.501. The van der Waals surface area contributed by atoms with Gasteiger partial charge in [0, 0.05) is 22.4 Å². The van der Waals surface area contributed by atoms with Gasteiger partial charge in [0.15, 0.2) is 0 Å². The second-order valence-electron chi connectivity index (χ2n) is 3.61. The van der Waals surface area contributed by atoms with E-state index in [1.807, 2.05) is 37.3 Å². The van der Waals surface area contributed by atoms with Gasteiger partial charge < -0.3 is 14.9 Å². The molecule has 0 aliphatic rings. The van der Waals surface area contributed by atoms with Gasteiger partial charge in [0.05, 0.1) is 12.9 Å². The van der Waals surface area contributed by atoms with Crippen LogP contribution in [0.1, 0.15) is 5.76 Å². The van der Waals surface area contributed by atoms with E-state index in [0.29, 0.717) is 6.61 Å². The summed E-state index contributed by atoms with van der Waals surface area (Å²) < 4.78 is 10.8. The molecule has 0 bridgehead atoms. The van der Waals surface area contributed by atoms with Gasteiger partial charge in [-0.25, -0.2) is 0 Å². The zero-order chi connectivity index (χ0) is 12.1. The van der Waals surface area contributed by atoms with Crippen LogP contribution >= 0.6 is 11.8 Å². The van der Waals surface area contributed by atoms with Crippen LogP contribution in [0.25, 0.3) is 0 Å². The number of rotatable bonds is 5. The van der Waals surface area contributed by atoms with Crippen LogP contribution in [0.5, 0.6) is 5.75 Å². The van der Waals surface area contributed by atoms with Crippen LogP contribution < -0.4 is 10.5 Å². The molecule has 1 aromatic carbocycles. The Morgan fingerprint density at radius 3 is 2.94 bits per heavy atom. The number of hydrogen-bond donors (Lipinski definition) is 1. The molecule has 1 heterocycles. The van der Waals surface area contributed by atoms with E-state index in [0.717, 1.165) is 22.9 Å². The highest BCUT2D eigenvalue weighted by atomic mass is 32.2. The minimum atomic E-state index is 0.652. The van der Waals surface area contributed by atoms with Crippen LogP contribution in [0.15, 0.2) is 45.9 Å². The summed E-state index contributed by atoms with van der Waals surface area (Å²) in [6.45, 7) is 2.61. The van der Waals surface area contributed by atoms with E-state index in [2.05, 4.69) is 0 Å². The maximum absolute atomic E-state index is 5.66. The van der Waals surface area contributed by atoms with Crippen molar-refractivity contribution in [3.63, 3.8) is 0 Å². The summed E-state index contributed by atoms with van der Waals surface area (Å²) >= 11 is 1.73. The second kappa shape index (κ2) is 5.68. The highest BCUT2D eigenvalue weighted by Gasteiger charge is 2.01. The fourth-order valence-corrected chi connectivity index (χ4v) is 2.23. The average Bonchev–Trinajstić information content (AvgIpc) is 2.71. The van der Waals surface area contributed by atoms with E-state index in [9.17, 15) is 0 Å². The molecule has 0 amide bonds. The monoisotopic (exact) mass is 249 g/mol. The number of benzene rings is 1. The first-order valence-electron chi connectivity index (χ1n) is 5.41. The molecule has 3 nitrogen and oxygen atoms in total. The highest BCUT2D eigenvalue weighted by Crippen LogP contribution is 2.23. The topological polar surface area (TPSA) is 48.4 Å². The van der Waals surface area contributed by atoms with Crippen molar-refractivity contribution in [2.45, 2.75) is 11.8 Å². The normalized spacial score (nSPS) is 10.4. The van der Waals surface area contributed by atoms with Crippen molar-refractivity contribution < 1.29 is 9.15 Å². The molecule has 0 fully saturated rings. The van der Waals surface area contributed by atoms with Crippen molar-refractivity contribution >= 4 is 17.4 Å².